The van der Waals surface area contributed by atoms with Gasteiger partial charge in [-0.2, -0.15) is 0 Å². The third-order valence-electron chi connectivity index (χ3n) is 6.93. The van der Waals surface area contributed by atoms with Crippen molar-refractivity contribution in [3.05, 3.63) is 0 Å². The second kappa shape index (κ2) is 15.5. The van der Waals surface area contributed by atoms with Crippen LogP contribution in [0.4, 0.5) is 0 Å². The molecule has 0 aliphatic heterocycles. The molecule has 0 aliphatic rings. The molecule has 0 aromatic rings. The largest absolute Gasteiger partial charge is 0.346 e. The number of carbonyl (C=O) groups excluding carboxylic acids is 4. The van der Waals surface area contributed by atoms with Crippen LogP contribution < -0.4 is 10.6 Å². The van der Waals surface area contributed by atoms with Gasteiger partial charge in [-0.3, -0.25) is 19.2 Å². The van der Waals surface area contributed by atoms with Crippen LogP contribution in [0.2, 0.25) is 0 Å². The number of hydrogen-bond donors (Lipinski definition) is 2. The molecule has 0 bridgehead atoms. The monoisotopic (exact) mass is 567 g/mol. The third-order valence-corrected chi connectivity index (χ3v) is 6.93. The van der Waals surface area contributed by atoms with Gasteiger partial charge in [0.1, 0.15) is 0 Å². The zero-order chi connectivity index (χ0) is 32.6. The van der Waals surface area contributed by atoms with Crippen LogP contribution in [-0.2, 0) is 19.2 Å². The summed E-state index contributed by atoms with van der Waals surface area (Å²) in [5.74, 6) is 0.584. The van der Waals surface area contributed by atoms with Crippen LogP contribution in [0.3, 0.4) is 0 Å². The van der Waals surface area contributed by atoms with Crippen molar-refractivity contribution in [2.45, 2.75) is 150 Å². The van der Waals surface area contributed by atoms with Crippen LogP contribution in [0.15, 0.2) is 0 Å². The van der Waals surface area contributed by atoms with E-state index in [1.54, 1.807) is 13.8 Å². The number of ketones is 2. The normalized spacial score (nSPS) is 15.9. The van der Waals surface area contributed by atoms with Gasteiger partial charge in [0.2, 0.25) is 11.8 Å². The van der Waals surface area contributed by atoms with Crippen LogP contribution in [-0.4, -0.2) is 35.5 Å². The SMILES string of the molecule is CC(C)[C@H](CC(C)(C)C)C(=O)N[C@@H](C)C(=O)C(C)(C)C.CC(NC(=O)C(CC(C)(C)C)C(C)C)C(=O)C(C)(C)C. The fourth-order valence-electron chi connectivity index (χ4n) is 4.65. The van der Waals surface area contributed by atoms with Crippen LogP contribution >= 0.6 is 0 Å². The van der Waals surface area contributed by atoms with E-state index in [0.29, 0.717) is 0 Å². The van der Waals surface area contributed by atoms with Crippen LogP contribution in [0.1, 0.15) is 137 Å². The van der Waals surface area contributed by atoms with E-state index in [1.165, 1.54) is 0 Å². The Hall–Kier alpha value is -1.72. The Morgan fingerprint density at radius 1 is 0.475 bits per heavy atom. The number of carbonyl (C=O) groups is 4. The van der Waals surface area contributed by atoms with Crippen molar-refractivity contribution >= 4 is 23.4 Å². The van der Waals surface area contributed by atoms with Gasteiger partial charge in [0.05, 0.1) is 12.1 Å². The van der Waals surface area contributed by atoms with E-state index in [2.05, 4.69) is 79.9 Å². The maximum Gasteiger partial charge on any atom is 0.223 e. The van der Waals surface area contributed by atoms with E-state index in [0.717, 1.165) is 12.8 Å². The van der Waals surface area contributed by atoms with E-state index in [4.69, 9.17) is 0 Å². The molecule has 0 rings (SSSR count). The summed E-state index contributed by atoms with van der Waals surface area (Å²) in [7, 11) is 0. The molecule has 2 unspecified atom stereocenters. The van der Waals surface area contributed by atoms with Gasteiger partial charge in [-0.1, -0.05) is 111 Å². The minimum Gasteiger partial charge on any atom is -0.346 e. The molecule has 6 heteroatoms. The molecule has 2 amide bonds. The maximum atomic E-state index is 12.4. The topological polar surface area (TPSA) is 92.3 Å². The first-order valence-corrected chi connectivity index (χ1v) is 15.2. The van der Waals surface area contributed by atoms with Crippen LogP contribution in [0.25, 0.3) is 0 Å². The Morgan fingerprint density at radius 2 is 0.700 bits per heavy atom. The molecular weight excluding hydrogens is 500 g/mol. The molecule has 0 aliphatic carbocycles. The molecule has 0 fully saturated rings. The number of Topliss-reactive ketones (excluding diaryl/α,β-unsaturated/α-hetero) is 2. The van der Waals surface area contributed by atoms with E-state index in [9.17, 15) is 19.2 Å². The summed E-state index contributed by atoms with van der Waals surface area (Å²) in [5.41, 5.74) is -0.652. The fourth-order valence-corrected chi connectivity index (χ4v) is 4.65. The molecule has 236 valence electrons. The van der Waals surface area contributed by atoms with Gasteiger partial charge >= 0.3 is 0 Å². The molecule has 0 saturated carbocycles. The van der Waals surface area contributed by atoms with Crippen molar-refractivity contribution in [3.8, 4) is 0 Å². The van der Waals surface area contributed by atoms with Gasteiger partial charge < -0.3 is 10.6 Å². The van der Waals surface area contributed by atoms with Crippen molar-refractivity contribution in [2.24, 2.45) is 45.3 Å². The number of amides is 2. The van der Waals surface area contributed by atoms with E-state index < -0.39 is 22.9 Å². The molecule has 0 aromatic carbocycles. The number of hydrogen-bond acceptors (Lipinski definition) is 4. The summed E-state index contributed by atoms with van der Waals surface area (Å²) in [5, 5.41) is 5.80. The molecule has 4 atom stereocenters. The molecule has 6 nitrogen and oxygen atoms in total. The summed E-state index contributed by atoms with van der Waals surface area (Å²) in [4.78, 5) is 49.2. The van der Waals surface area contributed by atoms with E-state index in [-0.39, 0.29) is 57.9 Å². The molecule has 40 heavy (non-hydrogen) atoms. The average Bonchev–Trinajstić information content (AvgIpc) is 2.71. The van der Waals surface area contributed by atoms with Gasteiger partial charge in [-0.05, 0) is 49.4 Å². The standard InChI is InChI=1S/2C17H33NO2/c2*1-11(2)13(10-16(4,5)6)15(20)18-12(3)14(19)17(7,8)9/h2*11-13H,10H2,1-9H3,(H,18,20)/t12-,13-;/m0./s1. The van der Waals surface area contributed by atoms with Gasteiger partial charge in [-0.15, -0.1) is 0 Å². The highest BCUT2D eigenvalue weighted by Crippen LogP contribution is 2.30. The quantitative estimate of drug-likeness (QED) is 0.284. The highest BCUT2D eigenvalue weighted by atomic mass is 16.2. The summed E-state index contributed by atoms with van der Waals surface area (Å²) >= 11 is 0. The lowest BCUT2D eigenvalue weighted by Gasteiger charge is -2.30. The zero-order valence-electron chi connectivity index (χ0n) is 29.5. The Labute approximate surface area is 248 Å². The van der Waals surface area contributed by atoms with Gasteiger partial charge in [0.15, 0.2) is 11.6 Å². The number of rotatable bonds is 10. The summed E-state index contributed by atoms with van der Waals surface area (Å²) < 4.78 is 0. The zero-order valence-corrected chi connectivity index (χ0v) is 29.5. The first-order chi connectivity index (χ1) is 17.5. The second-order valence-corrected chi connectivity index (χ2v) is 16.9. The minimum absolute atomic E-state index is 0.0000231. The lowest BCUT2D eigenvalue weighted by Crippen LogP contribution is -2.47. The maximum absolute atomic E-state index is 12.4. The molecular formula is C34H66N2O4. The third kappa shape index (κ3) is 16.5. The molecule has 0 radical (unpaired) electrons. The van der Waals surface area contributed by atoms with Gasteiger partial charge in [-0.25, -0.2) is 0 Å². The Balaban J connectivity index is 0. The first-order valence-electron chi connectivity index (χ1n) is 15.2. The molecule has 0 spiro atoms. The molecule has 0 heterocycles. The van der Waals surface area contributed by atoms with Crippen molar-refractivity contribution in [1.29, 1.82) is 0 Å². The van der Waals surface area contributed by atoms with Gasteiger partial charge in [0, 0.05) is 22.7 Å². The highest BCUT2D eigenvalue weighted by molar-refractivity contribution is 5.93. The highest BCUT2D eigenvalue weighted by Gasteiger charge is 2.33. The van der Waals surface area contributed by atoms with Crippen LogP contribution in [0.5, 0.6) is 0 Å². The Bertz CT molecular complexity index is 760. The van der Waals surface area contributed by atoms with E-state index >= 15 is 0 Å². The summed E-state index contributed by atoms with van der Waals surface area (Å²) in [6, 6.07) is -0.854. The van der Waals surface area contributed by atoms with Crippen molar-refractivity contribution in [1.82, 2.24) is 10.6 Å². The molecule has 0 aromatic heterocycles. The molecule has 0 saturated heterocycles. The predicted molar refractivity (Wildman–Crippen MR) is 169 cm³/mol. The lowest BCUT2D eigenvalue weighted by molar-refractivity contribution is -0.134. The van der Waals surface area contributed by atoms with Gasteiger partial charge in [0.25, 0.3) is 0 Å². The summed E-state index contributed by atoms with van der Waals surface area (Å²) in [6.07, 6.45) is 1.65. The van der Waals surface area contributed by atoms with Crippen molar-refractivity contribution in [2.75, 3.05) is 0 Å². The minimum atomic E-state index is -0.427. The average molecular weight is 567 g/mol. The summed E-state index contributed by atoms with van der Waals surface area (Å²) in [6.45, 7) is 35.9. The lowest BCUT2D eigenvalue weighted by atomic mass is 9.79. The Morgan fingerprint density at radius 3 is 0.850 bits per heavy atom. The first kappa shape index (κ1) is 40.4. The Kier molecular flexibility index (Phi) is 15.7. The number of nitrogens with one attached hydrogen (secondary N) is 2. The smallest absolute Gasteiger partial charge is 0.223 e. The van der Waals surface area contributed by atoms with Crippen molar-refractivity contribution in [3.63, 3.8) is 0 Å². The predicted octanol–water partition coefficient (Wildman–Crippen LogP) is 7.63. The van der Waals surface area contributed by atoms with Crippen molar-refractivity contribution < 1.29 is 19.2 Å². The van der Waals surface area contributed by atoms with E-state index in [1.807, 2.05) is 41.5 Å². The second-order valence-electron chi connectivity index (χ2n) is 16.9. The van der Waals surface area contributed by atoms with Crippen LogP contribution in [0, 0.1) is 45.3 Å². The molecule has 2 N–H and O–H groups in total. The fraction of sp³-hybridized carbons (Fsp3) is 0.882.